The number of ether oxygens (including phenoxy) is 1. The number of aromatic nitrogens is 4. The number of rotatable bonds is 5. The van der Waals surface area contributed by atoms with Crippen molar-refractivity contribution in [2.24, 2.45) is 0 Å². The first-order chi connectivity index (χ1) is 16.8. The van der Waals surface area contributed by atoms with Crippen LogP contribution in [0.3, 0.4) is 0 Å². The molecule has 0 saturated heterocycles. The molecule has 180 valence electrons. The Kier molecular flexibility index (Phi) is 5.88. The minimum Gasteiger partial charge on any atom is -0.443 e. The Morgan fingerprint density at radius 3 is 2.49 bits per heavy atom. The van der Waals surface area contributed by atoms with Crippen LogP contribution < -0.4 is 10.2 Å². The molecule has 8 nitrogen and oxygen atoms in total. The van der Waals surface area contributed by atoms with Gasteiger partial charge in [0.25, 0.3) is 0 Å². The van der Waals surface area contributed by atoms with Gasteiger partial charge in [0.05, 0.1) is 11.4 Å². The van der Waals surface area contributed by atoms with Crippen molar-refractivity contribution >= 4 is 28.8 Å². The van der Waals surface area contributed by atoms with E-state index < -0.39 is 5.60 Å². The van der Waals surface area contributed by atoms with Gasteiger partial charge in [-0.3, -0.25) is 14.5 Å². The number of carbonyl (C=O) groups excluding carboxylic acids is 1. The molecular formula is C27H30N6O2. The number of nitrogens with one attached hydrogen (secondary N) is 1. The van der Waals surface area contributed by atoms with Crippen molar-refractivity contribution in [3.8, 4) is 17.1 Å². The Balaban J connectivity index is 1.58. The number of anilines is 2. The molecule has 1 N–H and O–H groups in total. The SMILES string of the molecule is CNc1ncc2cc(-c3ccccn3)n(-c3ccc(N(C(=O)OC(C)(C)C)C4CCC4)cc3)c2n1. The summed E-state index contributed by atoms with van der Waals surface area (Å²) in [6, 6.07) is 16.0. The minimum absolute atomic E-state index is 0.165. The zero-order valence-electron chi connectivity index (χ0n) is 20.5. The number of hydrogen-bond acceptors (Lipinski definition) is 6. The molecule has 0 bridgehead atoms. The van der Waals surface area contributed by atoms with Crippen LogP contribution in [0.25, 0.3) is 28.1 Å². The van der Waals surface area contributed by atoms with Gasteiger partial charge in [0.1, 0.15) is 5.60 Å². The Labute approximate surface area is 205 Å². The van der Waals surface area contributed by atoms with E-state index in [4.69, 9.17) is 9.72 Å². The Morgan fingerprint density at radius 2 is 1.89 bits per heavy atom. The lowest BCUT2D eigenvalue weighted by Crippen LogP contribution is -2.46. The quantitative estimate of drug-likeness (QED) is 0.396. The summed E-state index contributed by atoms with van der Waals surface area (Å²) in [7, 11) is 1.80. The standard InChI is InChI=1S/C27H30N6O2/c1-27(2,3)35-26(34)32(19-8-7-9-19)20-11-13-21(14-12-20)33-23(22-10-5-6-15-29-22)16-18-17-30-25(28-4)31-24(18)33/h5-6,10-17,19H,7-9H2,1-4H3,(H,28,30,31). The molecule has 3 aromatic heterocycles. The van der Waals surface area contributed by atoms with Gasteiger partial charge in [-0.25, -0.2) is 9.78 Å². The molecule has 8 heteroatoms. The van der Waals surface area contributed by atoms with E-state index in [0.29, 0.717) is 5.95 Å². The number of carbonyl (C=O) groups is 1. The normalized spacial score (nSPS) is 13.9. The predicted molar refractivity (Wildman–Crippen MR) is 138 cm³/mol. The van der Waals surface area contributed by atoms with Crippen LogP contribution in [0.1, 0.15) is 40.0 Å². The van der Waals surface area contributed by atoms with Crippen LogP contribution in [0.2, 0.25) is 0 Å². The van der Waals surface area contributed by atoms with E-state index in [1.54, 1.807) is 18.1 Å². The second-order valence-corrected chi connectivity index (χ2v) is 9.75. The summed E-state index contributed by atoms with van der Waals surface area (Å²) in [5.74, 6) is 0.544. The molecule has 0 radical (unpaired) electrons. The summed E-state index contributed by atoms with van der Waals surface area (Å²) < 4.78 is 7.80. The number of pyridine rings is 1. The third-order valence-corrected chi connectivity index (χ3v) is 6.11. The van der Waals surface area contributed by atoms with Crippen molar-refractivity contribution in [3.63, 3.8) is 0 Å². The van der Waals surface area contributed by atoms with E-state index in [0.717, 1.165) is 53.1 Å². The zero-order chi connectivity index (χ0) is 24.6. The monoisotopic (exact) mass is 470 g/mol. The first kappa shape index (κ1) is 22.8. The fourth-order valence-electron chi connectivity index (χ4n) is 4.26. The largest absolute Gasteiger partial charge is 0.443 e. The third kappa shape index (κ3) is 4.56. The molecule has 0 aliphatic heterocycles. The Morgan fingerprint density at radius 1 is 1.11 bits per heavy atom. The maximum Gasteiger partial charge on any atom is 0.415 e. The van der Waals surface area contributed by atoms with Gasteiger partial charge in [-0.15, -0.1) is 0 Å². The van der Waals surface area contributed by atoms with Gasteiger partial charge in [0.15, 0.2) is 5.65 Å². The van der Waals surface area contributed by atoms with Crippen LogP contribution in [0.15, 0.2) is 60.9 Å². The van der Waals surface area contributed by atoms with Crippen LogP contribution in [0, 0.1) is 0 Å². The molecule has 1 saturated carbocycles. The molecule has 3 heterocycles. The summed E-state index contributed by atoms with van der Waals surface area (Å²) >= 11 is 0. The van der Waals surface area contributed by atoms with Crippen molar-refractivity contribution in [2.45, 2.75) is 51.7 Å². The Bertz CT molecular complexity index is 1340. The van der Waals surface area contributed by atoms with Crippen LogP contribution in [-0.2, 0) is 4.74 Å². The number of nitrogens with zero attached hydrogens (tertiary/aromatic N) is 5. The summed E-state index contributed by atoms with van der Waals surface area (Å²) in [5.41, 5.74) is 3.73. The molecule has 0 spiro atoms. The minimum atomic E-state index is -0.550. The smallest absolute Gasteiger partial charge is 0.415 e. The molecule has 1 aliphatic carbocycles. The number of hydrogen-bond donors (Lipinski definition) is 1. The molecular weight excluding hydrogens is 440 g/mol. The molecule has 1 fully saturated rings. The number of benzene rings is 1. The fraction of sp³-hybridized carbons (Fsp3) is 0.333. The highest BCUT2D eigenvalue weighted by molar-refractivity contribution is 5.89. The van der Waals surface area contributed by atoms with Gasteiger partial charge in [-0.05, 0) is 82.5 Å². The second kappa shape index (κ2) is 9.02. The van der Waals surface area contributed by atoms with Crippen LogP contribution in [-0.4, -0.2) is 44.3 Å². The predicted octanol–water partition coefficient (Wildman–Crippen LogP) is 5.82. The van der Waals surface area contributed by atoms with E-state index in [2.05, 4.69) is 19.9 Å². The van der Waals surface area contributed by atoms with Gasteiger partial charge in [0, 0.05) is 42.2 Å². The lowest BCUT2D eigenvalue weighted by Gasteiger charge is -2.38. The molecule has 0 atom stereocenters. The number of amides is 1. The second-order valence-electron chi connectivity index (χ2n) is 9.75. The molecule has 35 heavy (non-hydrogen) atoms. The summed E-state index contributed by atoms with van der Waals surface area (Å²) in [5, 5.41) is 3.93. The molecule has 1 aromatic carbocycles. The maximum absolute atomic E-state index is 13.1. The fourth-order valence-corrected chi connectivity index (χ4v) is 4.26. The van der Waals surface area contributed by atoms with E-state index in [1.165, 1.54) is 0 Å². The third-order valence-electron chi connectivity index (χ3n) is 6.11. The topological polar surface area (TPSA) is 85.2 Å². The van der Waals surface area contributed by atoms with E-state index in [9.17, 15) is 4.79 Å². The van der Waals surface area contributed by atoms with Crippen molar-refractivity contribution < 1.29 is 9.53 Å². The lowest BCUT2D eigenvalue weighted by atomic mass is 9.91. The van der Waals surface area contributed by atoms with Gasteiger partial charge in [-0.1, -0.05) is 6.07 Å². The summed E-state index contributed by atoms with van der Waals surface area (Å²) in [6.45, 7) is 5.68. The van der Waals surface area contributed by atoms with E-state index in [1.807, 2.05) is 75.5 Å². The zero-order valence-corrected chi connectivity index (χ0v) is 20.5. The average Bonchev–Trinajstić information content (AvgIpc) is 3.19. The van der Waals surface area contributed by atoms with Crippen LogP contribution in [0.4, 0.5) is 16.4 Å². The van der Waals surface area contributed by atoms with Gasteiger partial charge in [0.2, 0.25) is 5.95 Å². The first-order valence-corrected chi connectivity index (χ1v) is 11.9. The van der Waals surface area contributed by atoms with Crippen molar-refractivity contribution in [2.75, 3.05) is 17.3 Å². The highest BCUT2D eigenvalue weighted by Gasteiger charge is 2.33. The molecule has 5 rings (SSSR count). The highest BCUT2D eigenvalue weighted by atomic mass is 16.6. The molecule has 1 aliphatic rings. The van der Waals surface area contributed by atoms with Crippen LogP contribution >= 0.6 is 0 Å². The van der Waals surface area contributed by atoms with Crippen molar-refractivity contribution in [1.82, 2.24) is 19.5 Å². The van der Waals surface area contributed by atoms with E-state index in [-0.39, 0.29) is 12.1 Å². The summed E-state index contributed by atoms with van der Waals surface area (Å²) in [4.78, 5) is 28.5. The first-order valence-electron chi connectivity index (χ1n) is 11.9. The van der Waals surface area contributed by atoms with Crippen LogP contribution in [0.5, 0.6) is 0 Å². The van der Waals surface area contributed by atoms with E-state index >= 15 is 0 Å². The summed E-state index contributed by atoms with van der Waals surface area (Å²) in [6.07, 6.45) is 6.38. The average molecular weight is 471 g/mol. The lowest BCUT2D eigenvalue weighted by molar-refractivity contribution is 0.0549. The van der Waals surface area contributed by atoms with Crippen molar-refractivity contribution in [3.05, 3.63) is 60.9 Å². The highest BCUT2D eigenvalue weighted by Crippen LogP contribution is 2.34. The maximum atomic E-state index is 13.1. The van der Waals surface area contributed by atoms with Gasteiger partial charge < -0.3 is 10.1 Å². The Hall–Kier alpha value is -3.94. The molecule has 1 amide bonds. The molecule has 0 unspecified atom stereocenters. The number of fused-ring (bicyclic) bond motifs is 1. The van der Waals surface area contributed by atoms with Gasteiger partial charge in [-0.2, -0.15) is 4.98 Å². The van der Waals surface area contributed by atoms with Crippen molar-refractivity contribution in [1.29, 1.82) is 0 Å². The molecule has 4 aromatic rings. The van der Waals surface area contributed by atoms with Gasteiger partial charge >= 0.3 is 6.09 Å².